The van der Waals surface area contributed by atoms with Gasteiger partial charge < -0.3 is 14.8 Å². The molecule has 0 bridgehead atoms. The van der Waals surface area contributed by atoms with Crippen LogP contribution in [0.1, 0.15) is 0 Å². The Morgan fingerprint density at radius 1 is 1.14 bits per heavy atom. The number of benzene rings is 2. The number of para-hydroxylation sites is 2. The lowest BCUT2D eigenvalue weighted by Gasteiger charge is -2.12. The molecule has 0 spiro atoms. The van der Waals surface area contributed by atoms with Gasteiger partial charge in [0.05, 0.1) is 21.7 Å². The first-order valence-corrected chi connectivity index (χ1v) is 8.59. The number of rotatable bonds is 5. The zero-order valence-corrected chi connectivity index (χ0v) is 16.3. The minimum absolute atomic E-state index is 0.114. The number of halogens is 3. The summed E-state index contributed by atoms with van der Waals surface area (Å²) in [5.74, 6) is 0.895. The van der Waals surface area contributed by atoms with Crippen molar-refractivity contribution in [2.75, 3.05) is 19.0 Å². The number of ether oxygens (including phenoxy) is 2. The van der Waals surface area contributed by atoms with Gasteiger partial charge in [-0.05, 0) is 56.1 Å². The van der Waals surface area contributed by atoms with E-state index in [1.807, 2.05) is 24.3 Å². The predicted molar refractivity (Wildman–Crippen MR) is 96.7 cm³/mol. The standard InChI is InChI=1S/C15H12Br3NO3/c1-21-13-5-3-2-4-12(13)19-14(20)8-22-15-10(17)6-9(16)7-11(15)18/h2-7H,8H2,1H3,(H,19,20). The van der Waals surface area contributed by atoms with Crippen LogP contribution in [0.5, 0.6) is 11.5 Å². The fraction of sp³-hybridized carbons (Fsp3) is 0.133. The smallest absolute Gasteiger partial charge is 0.262 e. The SMILES string of the molecule is COc1ccccc1NC(=O)COc1c(Br)cc(Br)cc1Br. The van der Waals surface area contributed by atoms with Crippen LogP contribution in [0.25, 0.3) is 0 Å². The molecule has 0 unspecified atom stereocenters. The molecule has 2 aromatic rings. The molecule has 0 radical (unpaired) electrons. The van der Waals surface area contributed by atoms with Gasteiger partial charge in [0.2, 0.25) is 0 Å². The molecule has 1 N–H and O–H groups in total. The van der Waals surface area contributed by atoms with Crippen LogP contribution in [0, 0.1) is 0 Å². The molecule has 0 aliphatic heterocycles. The Morgan fingerprint density at radius 2 is 1.77 bits per heavy atom. The molecule has 0 heterocycles. The highest BCUT2D eigenvalue weighted by Crippen LogP contribution is 2.36. The van der Waals surface area contributed by atoms with E-state index in [4.69, 9.17) is 9.47 Å². The minimum Gasteiger partial charge on any atom is -0.495 e. The van der Waals surface area contributed by atoms with Crippen LogP contribution in [0.15, 0.2) is 49.8 Å². The molecule has 2 rings (SSSR count). The van der Waals surface area contributed by atoms with Crippen LogP contribution in [0.4, 0.5) is 5.69 Å². The number of hydrogen-bond acceptors (Lipinski definition) is 3. The van der Waals surface area contributed by atoms with E-state index in [0.29, 0.717) is 17.2 Å². The second-order valence-corrected chi connectivity index (χ2v) is 6.86. The summed E-state index contributed by atoms with van der Waals surface area (Å²) in [6.07, 6.45) is 0. The van der Waals surface area contributed by atoms with Gasteiger partial charge in [-0.3, -0.25) is 4.79 Å². The maximum Gasteiger partial charge on any atom is 0.262 e. The maximum atomic E-state index is 12.0. The molecule has 1 amide bonds. The Kier molecular flexibility index (Phi) is 6.28. The summed E-state index contributed by atoms with van der Waals surface area (Å²) in [4.78, 5) is 12.0. The number of anilines is 1. The molecular formula is C15H12Br3NO3. The highest BCUT2D eigenvalue weighted by molar-refractivity contribution is 9.11. The average Bonchev–Trinajstić information content (AvgIpc) is 2.46. The number of methoxy groups -OCH3 is 1. The van der Waals surface area contributed by atoms with Crippen molar-refractivity contribution < 1.29 is 14.3 Å². The lowest BCUT2D eigenvalue weighted by molar-refractivity contribution is -0.118. The third-order valence-corrected chi connectivity index (χ3v) is 4.33. The molecule has 0 saturated heterocycles. The topological polar surface area (TPSA) is 47.6 Å². The molecule has 22 heavy (non-hydrogen) atoms. The molecule has 0 saturated carbocycles. The van der Waals surface area contributed by atoms with Crippen molar-refractivity contribution in [3.63, 3.8) is 0 Å². The Labute approximate surface area is 153 Å². The molecule has 0 aliphatic rings. The van der Waals surface area contributed by atoms with Crippen molar-refractivity contribution in [2.24, 2.45) is 0 Å². The molecule has 7 heteroatoms. The van der Waals surface area contributed by atoms with Crippen molar-refractivity contribution in [3.05, 3.63) is 49.8 Å². The fourth-order valence-electron chi connectivity index (χ4n) is 1.74. The molecular weight excluding hydrogens is 482 g/mol. The fourth-order valence-corrected chi connectivity index (χ4v) is 4.23. The minimum atomic E-state index is -0.272. The van der Waals surface area contributed by atoms with Crippen LogP contribution in [-0.4, -0.2) is 19.6 Å². The van der Waals surface area contributed by atoms with Crippen LogP contribution in [0.3, 0.4) is 0 Å². The Bertz CT molecular complexity index is 668. The van der Waals surface area contributed by atoms with Crippen LogP contribution in [-0.2, 0) is 4.79 Å². The Hall–Kier alpha value is -1.05. The molecule has 0 aliphatic carbocycles. The summed E-state index contributed by atoms with van der Waals surface area (Å²) in [6.45, 7) is -0.114. The first kappa shape index (κ1) is 17.3. The van der Waals surface area contributed by atoms with Gasteiger partial charge >= 0.3 is 0 Å². The van der Waals surface area contributed by atoms with Crippen molar-refractivity contribution >= 4 is 59.4 Å². The third-order valence-electron chi connectivity index (χ3n) is 2.69. The number of nitrogens with one attached hydrogen (secondary N) is 1. The summed E-state index contributed by atoms with van der Waals surface area (Å²) in [6, 6.07) is 10.9. The van der Waals surface area contributed by atoms with Gasteiger partial charge in [-0.25, -0.2) is 0 Å². The van der Waals surface area contributed by atoms with Crippen LogP contribution in [0.2, 0.25) is 0 Å². The van der Waals surface area contributed by atoms with Gasteiger partial charge in [0, 0.05) is 4.47 Å². The van der Waals surface area contributed by atoms with Gasteiger partial charge in [-0.15, -0.1) is 0 Å². The van der Waals surface area contributed by atoms with Crippen molar-refractivity contribution in [1.82, 2.24) is 0 Å². The predicted octanol–water partition coefficient (Wildman–Crippen LogP) is 5.00. The second-order valence-electron chi connectivity index (χ2n) is 4.24. The highest BCUT2D eigenvalue weighted by atomic mass is 79.9. The van der Waals surface area contributed by atoms with E-state index in [0.717, 1.165) is 13.4 Å². The average molecular weight is 494 g/mol. The quantitative estimate of drug-likeness (QED) is 0.637. The third kappa shape index (κ3) is 4.47. The largest absolute Gasteiger partial charge is 0.495 e. The summed E-state index contributed by atoms with van der Waals surface area (Å²) in [7, 11) is 1.55. The monoisotopic (exact) mass is 491 g/mol. The zero-order chi connectivity index (χ0) is 16.1. The van der Waals surface area contributed by atoms with E-state index in [1.165, 1.54) is 0 Å². The number of carbonyl (C=O) groups excluding carboxylic acids is 1. The molecule has 0 atom stereocenters. The van der Waals surface area contributed by atoms with Gasteiger partial charge in [-0.1, -0.05) is 28.1 Å². The number of hydrogen-bond donors (Lipinski definition) is 1. The normalized spacial score (nSPS) is 10.2. The summed E-state index contributed by atoms with van der Waals surface area (Å²) in [5.41, 5.74) is 0.604. The molecule has 116 valence electrons. The molecule has 2 aromatic carbocycles. The van der Waals surface area contributed by atoms with Gasteiger partial charge in [-0.2, -0.15) is 0 Å². The lowest BCUT2D eigenvalue weighted by Crippen LogP contribution is -2.20. The summed E-state index contributed by atoms with van der Waals surface area (Å²) in [5, 5.41) is 2.75. The van der Waals surface area contributed by atoms with E-state index in [2.05, 4.69) is 53.1 Å². The van der Waals surface area contributed by atoms with Crippen LogP contribution < -0.4 is 14.8 Å². The summed E-state index contributed by atoms with van der Waals surface area (Å²) < 4.78 is 13.1. The Balaban J connectivity index is 2.02. The molecule has 4 nitrogen and oxygen atoms in total. The van der Waals surface area contributed by atoms with Crippen molar-refractivity contribution in [3.8, 4) is 11.5 Å². The van der Waals surface area contributed by atoms with Gasteiger partial charge in [0.25, 0.3) is 5.91 Å². The number of amides is 1. The van der Waals surface area contributed by atoms with E-state index in [-0.39, 0.29) is 12.5 Å². The van der Waals surface area contributed by atoms with E-state index in [1.54, 1.807) is 19.2 Å². The second kappa shape index (κ2) is 7.99. The van der Waals surface area contributed by atoms with E-state index in [9.17, 15) is 4.79 Å². The zero-order valence-electron chi connectivity index (χ0n) is 11.5. The van der Waals surface area contributed by atoms with E-state index >= 15 is 0 Å². The first-order chi connectivity index (χ1) is 10.5. The summed E-state index contributed by atoms with van der Waals surface area (Å²) >= 11 is 10.2. The first-order valence-electron chi connectivity index (χ1n) is 6.21. The van der Waals surface area contributed by atoms with Gasteiger partial charge in [0.15, 0.2) is 6.61 Å². The maximum absolute atomic E-state index is 12.0. The molecule has 0 aromatic heterocycles. The highest BCUT2D eigenvalue weighted by Gasteiger charge is 2.12. The van der Waals surface area contributed by atoms with E-state index < -0.39 is 0 Å². The lowest BCUT2D eigenvalue weighted by atomic mass is 10.3. The van der Waals surface area contributed by atoms with Crippen LogP contribution >= 0.6 is 47.8 Å². The number of carbonyl (C=O) groups is 1. The van der Waals surface area contributed by atoms with Crippen molar-refractivity contribution in [2.45, 2.75) is 0 Å². The molecule has 0 fully saturated rings. The van der Waals surface area contributed by atoms with Gasteiger partial charge in [0.1, 0.15) is 11.5 Å². The van der Waals surface area contributed by atoms with Crippen molar-refractivity contribution in [1.29, 1.82) is 0 Å². The Morgan fingerprint density at radius 3 is 2.41 bits per heavy atom.